The smallest absolute Gasteiger partial charge is 0.0707 e. The van der Waals surface area contributed by atoms with Gasteiger partial charge in [0.2, 0.25) is 0 Å². The molecule has 2 saturated heterocycles. The second kappa shape index (κ2) is 9.77. The average molecular weight is 423 g/mol. The van der Waals surface area contributed by atoms with Crippen molar-refractivity contribution in [2.24, 2.45) is 17.3 Å². The topological polar surface area (TPSA) is 26.7 Å². The Bertz CT molecular complexity index is 737. The molecule has 0 radical (unpaired) electrons. The van der Waals surface area contributed by atoms with Gasteiger partial charge >= 0.3 is 0 Å². The van der Waals surface area contributed by atoms with E-state index in [1.54, 1.807) is 5.57 Å². The van der Waals surface area contributed by atoms with Crippen molar-refractivity contribution in [1.29, 1.82) is 0 Å². The highest BCUT2D eigenvalue weighted by Crippen LogP contribution is 2.57. The van der Waals surface area contributed by atoms with Crippen LogP contribution >= 0.6 is 0 Å². The summed E-state index contributed by atoms with van der Waals surface area (Å²) in [5.41, 5.74) is 1.90. The molecule has 31 heavy (non-hydrogen) atoms. The molecule has 5 aliphatic heterocycles. The zero-order valence-electron chi connectivity index (χ0n) is 19.3. The van der Waals surface area contributed by atoms with Crippen molar-refractivity contribution in [1.82, 2.24) is 9.80 Å². The average Bonchev–Trinajstić information content (AvgIpc) is 2.78. The van der Waals surface area contributed by atoms with Crippen LogP contribution in [0.15, 0.2) is 48.1 Å². The Morgan fingerprint density at radius 3 is 2.58 bits per heavy atom. The summed E-state index contributed by atoms with van der Waals surface area (Å²) < 4.78 is 0. The summed E-state index contributed by atoms with van der Waals surface area (Å²) in [7, 11) is 0. The molecule has 170 valence electrons. The van der Waals surface area contributed by atoms with Gasteiger partial charge in [0.05, 0.1) is 6.10 Å². The predicted octanol–water partition coefficient (Wildman–Crippen LogP) is 5.10. The zero-order chi connectivity index (χ0) is 21.1. The molecule has 1 spiro atoms. The number of fused-ring (bicyclic) bond motifs is 1. The van der Waals surface area contributed by atoms with Gasteiger partial charge in [-0.3, -0.25) is 4.90 Å². The van der Waals surface area contributed by atoms with Gasteiger partial charge in [-0.15, -0.1) is 0 Å². The lowest BCUT2D eigenvalue weighted by atomic mass is 9.51. The van der Waals surface area contributed by atoms with Crippen LogP contribution in [0.1, 0.15) is 64.2 Å². The molecular formula is C28H42N2O. The Morgan fingerprint density at radius 1 is 0.839 bits per heavy atom. The molecule has 6 aliphatic rings. The maximum atomic E-state index is 11.5. The van der Waals surface area contributed by atoms with Gasteiger partial charge in [-0.25, -0.2) is 0 Å². The van der Waals surface area contributed by atoms with Gasteiger partial charge in [-0.1, -0.05) is 48.1 Å². The molecule has 6 rings (SSSR count). The van der Waals surface area contributed by atoms with Crippen LogP contribution in [0.3, 0.4) is 0 Å². The first-order valence-electron chi connectivity index (χ1n) is 13.1. The Balaban J connectivity index is 1.54. The van der Waals surface area contributed by atoms with E-state index in [0.29, 0.717) is 17.9 Å². The van der Waals surface area contributed by atoms with Crippen molar-refractivity contribution >= 4 is 0 Å². The third-order valence-corrected chi connectivity index (χ3v) is 8.70. The van der Waals surface area contributed by atoms with E-state index in [2.05, 4.69) is 52.3 Å². The lowest BCUT2D eigenvalue weighted by molar-refractivity contribution is -0.159. The van der Waals surface area contributed by atoms with Crippen molar-refractivity contribution in [2.75, 3.05) is 32.7 Å². The number of rotatable bonds is 0. The maximum absolute atomic E-state index is 11.5. The molecule has 0 saturated carbocycles. The summed E-state index contributed by atoms with van der Waals surface area (Å²) in [5, 5.41) is 11.5. The molecule has 0 aromatic rings. The quantitative estimate of drug-likeness (QED) is 0.550. The lowest BCUT2D eigenvalue weighted by Crippen LogP contribution is -2.72. The fraction of sp³-hybridized carbons (Fsp3) is 0.714. The van der Waals surface area contributed by atoms with Crippen LogP contribution in [0, 0.1) is 17.3 Å². The number of piperidine rings is 2. The standard InChI is InChI=1S/C28H42N2O/c31-25-21-29-17-13-9-5-2-1-3-7-11-15-23-19-24-20-30-18-14-10-6-4-8-12-16-28(22-29,26(24)25)27(23)30/h2-5,7-8,19,24-27,31H,1,6,9-18,20-22H2/b5-2-,7-3-,8-4-/t24-,25-,26+,27-,28-/m1/s1. The Hall–Kier alpha value is -1.16. The lowest BCUT2D eigenvalue weighted by Gasteiger charge is -2.65. The second-order valence-corrected chi connectivity index (χ2v) is 10.7. The molecule has 0 amide bonds. The van der Waals surface area contributed by atoms with E-state index in [9.17, 15) is 5.11 Å². The van der Waals surface area contributed by atoms with Crippen molar-refractivity contribution < 1.29 is 5.11 Å². The first-order chi connectivity index (χ1) is 15.3. The predicted molar refractivity (Wildman–Crippen MR) is 129 cm³/mol. The number of allylic oxidation sites excluding steroid dienone is 6. The van der Waals surface area contributed by atoms with Crippen LogP contribution < -0.4 is 0 Å². The third kappa shape index (κ3) is 4.38. The van der Waals surface area contributed by atoms with Gasteiger partial charge in [-0.2, -0.15) is 0 Å². The van der Waals surface area contributed by atoms with Crippen LogP contribution in [0.4, 0.5) is 0 Å². The third-order valence-electron chi connectivity index (χ3n) is 8.70. The summed E-state index contributed by atoms with van der Waals surface area (Å²) in [6.45, 7) is 5.58. The molecule has 1 aliphatic carbocycles. The molecule has 6 bridgehead atoms. The molecule has 3 heteroatoms. The highest BCUT2D eigenvalue weighted by molar-refractivity contribution is 5.31. The van der Waals surface area contributed by atoms with E-state index in [4.69, 9.17) is 0 Å². The fourth-order valence-corrected chi connectivity index (χ4v) is 7.66. The monoisotopic (exact) mass is 422 g/mol. The second-order valence-electron chi connectivity index (χ2n) is 10.7. The van der Waals surface area contributed by atoms with Crippen molar-refractivity contribution in [3.63, 3.8) is 0 Å². The van der Waals surface area contributed by atoms with E-state index in [0.717, 1.165) is 32.4 Å². The number of hydrogen-bond donors (Lipinski definition) is 1. The number of aliphatic hydroxyl groups excluding tert-OH is 1. The van der Waals surface area contributed by atoms with Gasteiger partial charge in [0, 0.05) is 37.0 Å². The number of aliphatic hydroxyl groups is 1. The Morgan fingerprint density at radius 2 is 1.65 bits per heavy atom. The van der Waals surface area contributed by atoms with Gasteiger partial charge in [0.15, 0.2) is 0 Å². The van der Waals surface area contributed by atoms with Crippen LogP contribution in [0.5, 0.6) is 0 Å². The zero-order valence-corrected chi connectivity index (χ0v) is 19.3. The van der Waals surface area contributed by atoms with Gasteiger partial charge < -0.3 is 10.0 Å². The van der Waals surface area contributed by atoms with Crippen LogP contribution in [0.2, 0.25) is 0 Å². The van der Waals surface area contributed by atoms with Crippen molar-refractivity contribution in [2.45, 2.75) is 76.4 Å². The summed E-state index contributed by atoms with van der Waals surface area (Å²) in [5.74, 6) is 0.970. The van der Waals surface area contributed by atoms with Crippen molar-refractivity contribution in [3.8, 4) is 0 Å². The Kier molecular flexibility index (Phi) is 6.83. The minimum Gasteiger partial charge on any atom is -0.391 e. The SMILES string of the molecule is O[C@@H]1CN2CCC/C=C\C/C=C\CCC3=C[C@@H]4CN5CCCC/C=C\CC[C@@](C2)([C@H]14)[C@@H]35. The minimum atomic E-state index is -0.179. The molecule has 5 heterocycles. The molecule has 3 nitrogen and oxygen atoms in total. The number of nitrogens with zero attached hydrogens (tertiary/aromatic N) is 2. The summed E-state index contributed by atoms with van der Waals surface area (Å²) >= 11 is 0. The fourth-order valence-electron chi connectivity index (χ4n) is 7.66. The minimum absolute atomic E-state index is 0.179. The molecule has 2 unspecified atom stereocenters. The van der Waals surface area contributed by atoms with E-state index >= 15 is 0 Å². The molecule has 0 aromatic carbocycles. The molecular weight excluding hydrogens is 380 g/mol. The van der Waals surface area contributed by atoms with E-state index in [-0.39, 0.29) is 11.5 Å². The molecule has 2 fully saturated rings. The normalized spacial score (nSPS) is 46.7. The maximum Gasteiger partial charge on any atom is 0.0707 e. The molecule has 7 atom stereocenters. The summed E-state index contributed by atoms with van der Waals surface area (Å²) in [6, 6.07) is 0.531. The summed E-state index contributed by atoms with van der Waals surface area (Å²) in [4.78, 5) is 5.49. The van der Waals surface area contributed by atoms with E-state index in [1.165, 1.54) is 64.6 Å². The first kappa shape index (κ1) is 21.7. The van der Waals surface area contributed by atoms with Crippen LogP contribution in [0.25, 0.3) is 0 Å². The van der Waals surface area contributed by atoms with Gasteiger partial charge in [0.25, 0.3) is 0 Å². The van der Waals surface area contributed by atoms with Gasteiger partial charge in [0.1, 0.15) is 0 Å². The first-order valence-corrected chi connectivity index (χ1v) is 13.1. The summed E-state index contributed by atoms with van der Waals surface area (Å²) in [6.07, 6.45) is 28.8. The highest BCUT2D eigenvalue weighted by Gasteiger charge is 2.61. The molecule has 1 N–H and O–H groups in total. The van der Waals surface area contributed by atoms with Crippen LogP contribution in [-0.2, 0) is 0 Å². The largest absolute Gasteiger partial charge is 0.391 e. The van der Waals surface area contributed by atoms with E-state index in [1.807, 2.05) is 0 Å². The Labute approximate surface area is 189 Å². The van der Waals surface area contributed by atoms with Crippen LogP contribution in [-0.4, -0.2) is 59.8 Å². The van der Waals surface area contributed by atoms with E-state index < -0.39 is 0 Å². The highest BCUT2D eigenvalue weighted by atomic mass is 16.3. The molecule has 0 aromatic heterocycles. The van der Waals surface area contributed by atoms with Crippen molar-refractivity contribution in [3.05, 3.63) is 48.1 Å². The van der Waals surface area contributed by atoms with Gasteiger partial charge in [-0.05, 0) is 83.2 Å². The number of hydrogen-bond acceptors (Lipinski definition) is 3.